The molecule has 1 aromatic rings. The summed E-state index contributed by atoms with van der Waals surface area (Å²) in [4.78, 5) is 22.9. The summed E-state index contributed by atoms with van der Waals surface area (Å²) >= 11 is 0. The standard InChI is InChI=1S/C20H26O9/c1-2-3-8-28-19-15(11-20(19,27)16(23)10-17(24)25)29-18(26)7-5-12-4-6-13(21)14(22)9-12/h4-7,9,15-16,19,21-23,27H,2-3,8,10-11H2,1H3,(H,24,25)/t15-,16-,19-,20-/m1/s1. The van der Waals surface area contributed by atoms with Crippen LogP contribution in [0.25, 0.3) is 6.08 Å². The summed E-state index contributed by atoms with van der Waals surface area (Å²) in [5.74, 6) is -2.62. The topological polar surface area (TPSA) is 154 Å². The van der Waals surface area contributed by atoms with Crippen LogP contribution in [-0.2, 0) is 19.1 Å². The first kappa shape index (κ1) is 22.7. The summed E-state index contributed by atoms with van der Waals surface area (Å²) in [6, 6.07) is 4.02. The number of hydrogen-bond donors (Lipinski definition) is 5. The average molecular weight is 410 g/mol. The van der Waals surface area contributed by atoms with Crippen LogP contribution in [0.15, 0.2) is 24.3 Å². The molecule has 160 valence electrons. The lowest BCUT2D eigenvalue weighted by Gasteiger charge is -2.51. The van der Waals surface area contributed by atoms with Crippen LogP contribution in [0.1, 0.15) is 38.2 Å². The quantitative estimate of drug-likeness (QED) is 0.165. The third-order valence-electron chi connectivity index (χ3n) is 4.78. The van der Waals surface area contributed by atoms with Crippen molar-refractivity contribution in [2.45, 2.75) is 56.5 Å². The van der Waals surface area contributed by atoms with E-state index in [1.165, 1.54) is 24.3 Å². The Kier molecular flexibility index (Phi) is 7.60. The van der Waals surface area contributed by atoms with Gasteiger partial charge in [-0.2, -0.15) is 0 Å². The minimum Gasteiger partial charge on any atom is -0.504 e. The molecule has 9 heteroatoms. The molecule has 9 nitrogen and oxygen atoms in total. The molecule has 0 unspecified atom stereocenters. The molecule has 1 saturated carbocycles. The maximum Gasteiger partial charge on any atom is 0.331 e. The zero-order valence-corrected chi connectivity index (χ0v) is 16.0. The summed E-state index contributed by atoms with van der Waals surface area (Å²) < 4.78 is 10.9. The molecule has 0 heterocycles. The molecule has 0 aromatic heterocycles. The zero-order valence-electron chi connectivity index (χ0n) is 16.0. The van der Waals surface area contributed by atoms with Crippen LogP contribution in [0.3, 0.4) is 0 Å². The van der Waals surface area contributed by atoms with E-state index in [1.807, 2.05) is 6.92 Å². The van der Waals surface area contributed by atoms with E-state index in [0.29, 0.717) is 12.0 Å². The molecule has 2 rings (SSSR count). The number of ether oxygens (including phenoxy) is 2. The van der Waals surface area contributed by atoms with E-state index in [9.17, 15) is 30.0 Å². The number of unbranched alkanes of at least 4 members (excludes halogenated alkanes) is 1. The average Bonchev–Trinajstić information content (AvgIpc) is 2.65. The van der Waals surface area contributed by atoms with Crippen LogP contribution < -0.4 is 0 Å². The molecule has 0 aliphatic heterocycles. The molecule has 1 aliphatic carbocycles. The van der Waals surface area contributed by atoms with Crippen molar-refractivity contribution < 1.29 is 44.6 Å². The van der Waals surface area contributed by atoms with Gasteiger partial charge in [0.15, 0.2) is 11.5 Å². The van der Waals surface area contributed by atoms with Crippen molar-refractivity contribution in [2.75, 3.05) is 6.61 Å². The lowest BCUT2D eigenvalue weighted by Crippen LogP contribution is -2.69. The fraction of sp³-hybridized carbons (Fsp3) is 0.500. The van der Waals surface area contributed by atoms with Crippen molar-refractivity contribution in [1.29, 1.82) is 0 Å². The second-order valence-corrected chi connectivity index (χ2v) is 7.01. The van der Waals surface area contributed by atoms with Crippen LogP contribution in [0.2, 0.25) is 0 Å². The summed E-state index contributed by atoms with van der Waals surface area (Å²) in [5, 5.41) is 48.3. The highest BCUT2D eigenvalue weighted by atomic mass is 16.6. The molecular weight excluding hydrogens is 384 g/mol. The first-order valence-corrected chi connectivity index (χ1v) is 9.32. The number of esters is 1. The monoisotopic (exact) mass is 410 g/mol. The fourth-order valence-electron chi connectivity index (χ4n) is 3.08. The van der Waals surface area contributed by atoms with Crippen molar-refractivity contribution in [1.82, 2.24) is 0 Å². The van der Waals surface area contributed by atoms with Gasteiger partial charge in [-0.15, -0.1) is 0 Å². The van der Waals surface area contributed by atoms with Gasteiger partial charge in [-0.1, -0.05) is 19.4 Å². The first-order valence-electron chi connectivity index (χ1n) is 9.32. The summed E-state index contributed by atoms with van der Waals surface area (Å²) in [5.41, 5.74) is -1.36. The van der Waals surface area contributed by atoms with E-state index in [0.717, 1.165) is 12.5 Å². The molecule has 29 heavy (non-hydrogen) atoms. The normalized spacial score (nSPS) is 24.8. The number of benzene rings is 1. The van der Waals surface area contributed by atoms with Gasteiger partial charge in [-0.3, -0.25) is 4.79 Å². The molecule has 1 aromatic carbocycles. The number of aliphatic hydroxyl groups is 2. The van der Waals surface area contributed by atoms with Crippen LogP contribution in [0, 0.1) is 0 Å². The highest BCUT2D eigenvalue weighted by Crippen LogP contribution is 2.41. The number of carbonyl (C=O) groups is 2. The summed E-state index contributed by atoms with van der Waals surface area (Å²) in [6.07, 6.45) is -0.255. The van der Waals surface area contributed by atoms with Crippen LogP contribution >= 0.6 is 0 Å². The number of aliphatic carboxylic acids is 1. The number of phenolic OH excluding ortho intramolecular Hbond substituents is 2. The van der Waals surface area contributed by atoms with Gasteiger partial charge in [-0.25, -0.2) is 4.79 Å². The van der Waals surface area contributed by atoms with Crippen molar-refractivity contribution in [3.8, 4) is 11.5 Å². The molecule has 4 atom stereocenters. The van der Waals surface area contributed by atoms with Gasteiger partial charge in [0.1, 0.15) is 17.8 Å². The predicted octanol–water partition coefficient (Wildman–Crippen LogP) is 1.18. The van der Waals surface area contributed by atoms with Gasteiger partial charge >= 0.3 is 11.9 Å². The molecule has 5 N–H and O–H groups in total. The molecule has 0 bridgehead atoms. The molecular formula is C20H26O9. The number of carboxylic acid groups (broad SMARTS) is 1. The lowest BCUT2D eigenvalue weighted by atomic mass is 9.69. The lowest BCUT2D eigenvalue weighted by molar-refractivity contribution is -0.273. The minimum absolute atomic E-state index is 0.155. The predicted molar refractivity (Wildman–Crippen MR) is 101 cm³/mol. The highest BCUT2D eigenvalue weighted by Gasteiger charge is 2.60. The van der Waals surface area contributed by atoms with Gasteiger partial charge in [0.05, 0.1) is 12.5 Å². The molecule has 1 fully saturated rings. The molecule has 0 saturated heterocycles. The molecule has 0 radical (unpaired) electrons. The maximum atomic E-state index is 12.1. The van der Waals surface area contributed by atoms with Crippen molar-refractivity contribution in [3.63, 3.8) is 0 Å². The second-order valence-electron chi connectivity index (χ2n) is 7.01. The van der Waals surface area contributed by atoms with E-state index in [1.54, 1.807) is 0 Å². The van der Waals surface area contributed by atoms with E-state index in [4.69, 9.17) is 14.6 Å². The van der Waals surface area contributed by atoms with E-state index >= 15 is 0 Å². The Labute approximate surface area is 167 Å². The molecule has 1 aliphatic rings. The van der Waals surface area contributed by atoms with Gasteiger partial charge in [0.25, 0.3) is 0 Å². The third kappa shape index (κ3) is 5.69. The third-order valence-corrected chi connectivity index (χ3v) is 4.78. The number of carbonyl (C=O) groups excluding carboxylic acids is 1. The van der Waals surface area contributed by atoms with Gasteiger partial charge in [-0.05, 0) is 30.2 Å². The van der Waals surface area contributed by atoms with Crippen LogP contribution in [0.5, 0.6) is 11.5 Å². The van der Waals surface area contributed by atoms with E-state index < -0.39 is 42.3 Å². The molecule has 0 spiro atoms. The van der Waals surface area contributed by atoms with Crippen molar-refractivity contribution in [3.05, 3.63) is 29.8 Å². The Hall–Kier alpha value is -2.62. The van der Waals surface area contributed by atoms with E-state index in [2.05, 4.69) is 0 Å². The van der Waals surface area contributed by atoms with Gasteiger partial charge in [0, 0.05) is 19.1 Å². The Morgan fingerprint density at radius 3 is 2.66 bits per heavy atom. The SMILES string of the molecule is CCCCO[C@@H]1[C@H](OC(=O)C=Cc2ccc(O)c(O)c2)C[C@@]1(O)[C@H](O)CC(=O)O. The Morgan fingerprint density at radius 2 is 2.03 bits per heavy atom. The van der Waals surface area contributed by atoms with Gasteiger partial charge < -0.3 is 35.0 Å². The first-order chi connectivity index (χ1) is 13.7. The smallest absolute Gasteiger partial charge is 0.331 e. The number of rotatable bonds is 10. The number of aromatic hydroxyl groups is 2. The second kappa shape index (κ2) is 9.73. The fourth-order valence-corrected chi connectivity index (χ4v) is 3.08. The van der Waals surface area contributed by atoms with Crippen LogP contribution in [-0.4, -0.2) is 68.0 Å². The van der Waals surface area contributed by atoms with Crippen molar-refractivity contribution in [2.24, 2.45) is 0 Å². The van der Waals surface area contributed by atoms with Crippen molar-refractivity contribution >= 4 is 18.0 Å². The maximum absolute atomic E-state index is 12.1. The molecule has 0 amide bonds. The Bertz CT molecular complexity index is 760. The summed E-state index contributed by atoms with van der Waals surface area (Å²) in [6.45, 7) is 2.21. The highest BCUT2D eigenvalue weighted by molar-refractivity contribution is 5.87. The largest absolute Gasteiger partial charge is 0.504 e. The number of carboxylic acids is 1. The Morgan fingerprint density at radius 1 is 1.31 bits per heavy atom. The number of aliphatic hydroxyl groups excluding tert-OH is 1. The van der Waals surface area contributed by atoms with Gasteiger partial charge in [0.2, 0.25) is 0 Å². The minimum atomic E-state index is -1.82. The zero-order chi connectivity index (χ0) is 21.6. The Balaban J connectivity index is 2.01. The number of hydrogen-bond acceptors (Lipinski definition) is 8. The summed E-state index contributed by atoms with van der Waals surface area (Å²) in [7, 11) is 0. The van der Waals surface area contributed by atoms with E-state index in [-0.39, 0.29) is 24.5 Å². The number of phenols is 2. The van der Waals surface area contributed by atoms with Crippen LogP contribution in [0.4, 0.5) is 0 Å².